The number of rotatable bonds is 7. The van der Waals surface area contributed by atoms with E-state index >= 15 is 0 Å². The molecule has 2 N–H and O–H groups in total. The van der Waals surface area contributed by atoms with Gasteiger partial charge in [0.1, 0.15) is 5.60 Å². The zero-order chi connectivity index (χ0) is 11.9. The van der Waals surface area contributed by atoms with Gasteiger partial charge in [-0.3, -0.25) is 0 Å². The Labute approximate surface area is 91.4 Å². The quantitative estimate of drug-likeness (QED) is 0.522. The lowest BCUT2D eigenvalue weighted by Crippen LogP contribution is -2.33. The first kappa shape index (κ1) is 14.0. The van der Waals surface area contributed by atoms with Gasteiger partial charge in [-0.25, -0.2) is 4.79 Å². The Kier molecular flexibility index (Phi) is 6.01. The molecule has 4 heteroatoms. The van der Waals surface area contributed by atoms with E-state index in [-0.39, 0.29) is 0 Å². The molecule has 0 saturated heterocycles. The Morgan fingerprint density at radius 3 is 2.67 bits per heavy atom. The largest absolute Gasteiger partial charge is 0.444 e. The second-order valence-electron chi connectivity index (χ2n) is 4.32. The lowest BCUT2D eigenvalue weighted by atomic mass is 9.95. The molecule has 0 bridgehead atoms. The fourth-order valence-electron chi connectivity index (χ4n) is 1.56. The molecule has 0 fully saturated rings. The lowest BCUT2D eigenvalue weighted by Gasteiger charge is -2.27. The number of ether oxygens (including phenoxy) is 2. The molecule has 4 nitrogen and oxygen atoms in total. The van der Waals surface area contributed by atoms with Crippen LogP contribution in [0, 0.1) is 5.92 Å². The minimum absolute atomic E-state index is 0.305. The molecule has 0 spiro atoms. The predicted molar refractivity (Wildman–Crippen MR) is 59.5 cm³/mol. The Bertz CT molecular complexity index is 214. The van der Waals surface area contributed by atoms with Gasteiger partial charge in [0.05, 0.1) is 6.61 Å². The Balaban J connectivity index is 3.86. The number of carbonyl (C=O) groups is 1. The molecule has 0 aliphatic rings. The van der Waals surface area contributed by atoms with Crippen molar-refractivity contribution in [3.63, 3.8) is 0 Å². The third-order valence-electron chi connectivity index (χ3n) is 1.85. The Morgan fingerprint density at radius 1 is 1.60 bits per heavy atom. The predicted octanol–water partition coefficient (Wildman–Crippen LogP) is 2.09. The monoisotopic (exact) mass is 215 g/mol. The maximum Gasteiger partial charge on any atom is 0.405 e. The van der Waals surface area contributed by atoms with Crippen molar-refractivity contribution in [1.29, 1.82) is 0 Å². The van der Waals surface area contributed by atoms with Crippen LogP contribution in [0.25, 0.3) is 0 Å². The summed E-state index contributed by atoms with van der Waals surface area (Å²) in [5.74, 6) is 0.305. The van der Waals surface area contributed by atoms with Crippen molar-refractivity contribution in [2.45, 2.75) is 32.8 Å². The normalized spacial score (nSPS) is 13.3. The molecule has 88 valence electrons. The molecule has 0 aliphatic carbocycles. The van der Waals surface area contributed by atoms with E-state index < -0.39 is 11.7 Å². The molecule has 0 aromatic carbocycles. The number of primary amides is 1. The molecule has 1 amide bonds. The van der Waals surface area contributed by atoms with Crippen molar-refractivity contribution in [2.75, 3.05) is 13.2 Å². The van der Waals surface area contributed by atoms with Crippen LogP contribution < -0.4 is 5.73 Å². The summed E-state index contributed by atoms with van der Waals surface area (Å²) in [5.41, 5.74) is 4.43. The van der Waals surface area contributed by atoms with E-state index in [2.05, 4.69) is 6.58 Å². The molecule has 1 unspecified atom stereocenters. The molecule has 0 radical (unpaired) electrons. The zero-order valence-electron chi connectivity index (χ0n) is 9.79. The number of hydrogen-bond donors (Lipinski definition) is 1. The first-order valence-corrected chi connectivity index (χ1v) is 5.04. The SMILES string of the molecule is C=CCOCC(C)CC(C)(C)OC(N)=O. The molecule has 0 rings (SSSR count). The van der Waals surface area contributed by atoms with Gasteiger partial charge in [-0.2, -0.15) is 0 Å². The van der Waals surface area contributed by atoms with Crippen molar-refractivity contribution in [2.24, 2.45) is 11.7 Å². The summed E-state index contributed by atoms with van der Waals surface area (Å²) in [5, 5.41) is 0. The second kappa shape index (κ2) is 6.45. The summed E-state index contributed by atoms with van der Waals surface area (Å²) in [6.07, 6.45) is 1.68. The van der Waals surface area contributed by atoms with E-state index in [1.807, 2.05) is 20.8 Å². The highest BCUT2D eigenvalue weighted by Gasteiger charge is 2.24. The van der Waals surface area contributed by atoms with Gasteiger partial charge in [-0.1, -0.05) is 13.0 Å². The third kappa shape index (κ3) is 8.00. The van der Waals surface area contributed by atoms with Crippen LogP contribution in [0.15, 0.2) is 12.7 Å². The maximum atomic E-state index is 10.6. The van der Waals surface area contributed by atoms with Crippen LogP contribution >= 0.6 is 0 Å². The summed E-state index contributed by atoms with van der Waals surface area (Å²) in [4.78, 5) is 10.6. The average Bonchev–Trinajstić information content (AvgIpc) is 2.00. The number of carbonyl (C=O) groups excluding carboxylic acids is 1. The molecular weight excluding hydrogens is 194 g/mol. The van der Waals surface area contributed by atoms with Crippen LogP contribution in [0.4, 0.5) is 4.79 Å². The fraction of sp³-hybridized carbons (Fsp3) is 0.727. The van der Waals surface area contributed by atoms with Gasteiger partial charge in [0.2, 0.25) is 0 Å². The van der Waals surface area contributed by atoms with E-state index in [1.165, 1.54) is 0 Å². The van der Waals surface area contributed by atoms with E-state index in [0.717, 1.165) is 0 Å². The molecule has 15 heavy (non-hydrogen) atoms. The van der Waals surface area contributed by atoms with E-state index in [0.29, 0.717) is 25.6 Å². The molecule has 0 saturated carbocycles. The van der Waals surface area contributed by atoms with Crippen molar-refractivity contribution in [1.82, 2.24) is 0 Å². The van der Waals surface area contributed by atoms with Gasteiger partial charge in [0.15, 0.2) is 0 Å². The standard InChI is InChI=1S/C11H21NO3/c1-5-6-14-8-9(2)7-11(3,4)15-10(12)13/h5,9H,1,6-8H2,2-4H3,(H2,12,13). The highest BCUT2D eigenvalue weighted by Crippen LogP contribution is 2.20. The molecular formula is C11H21NO3. The first-order valence-electron chi connectivity index (χ1n) is 5.04. The van der Waals surface area contributed by atoms with Crippen LogP contribution in [-0.4, -0.2) is 24.9 Å². The highest BCUT2D eigenvalue weighted by molar-refractivity contribution is 5.65. The lowest BCUT2D eigenvalue weighted by molar-refractivity contribution is 0.0144. The van der Waals surface area contributed by atoms with E-state index in [1.54, 1.807) is 6.08 Å². The minimum atomic E-state index is -0.737. The van der Waals surface area contributed by atoms with Gasteiger partial charge in [-0.05, 0) is 26.2 Å². The molecule has 0 aromatic rings. The van der Waals surface area contributed by atoms with Crippen LogP contribution in [0.1, 0.15) is 27.2 Å². The third-order valence-corrected chi connectivity index (χ3v) is 1.85. The Hall–Kier alpha value is -1.03. The van der Waals surface area contributed by atoms with Crippen molar-refractivity contribution in [3.05, 3.63) is 12.7 Å². The average molecular weight is 215 g/mol. The highest BCUT2D eigenvalue weighted by atomic mass is 16.6. The van der Waals surface area contributed by atoms with Gasteiger partial charge >= 0.3 is 6.09 Å². The summed E-state index contributed by atoms with van der Waals surface area (Å²) < 4.78 is 10.3. The van der Waals surface area contributed by atoms with Gasteiger partial charge < -0.3 is 15.2 Å². The van der Waals surface area contributed by atoms with Crippen molar-refractivity contribution < 1.29 is 14.3 Å². The molecule has 1 atom stereocenters. The van der Waals surface area contributed by atoms with Crippen LogP contribution in [-0.2, 0) is 9.47 Å². The van der Waals surface area contributed by atoms with Gasteiger partial charge in [-0.15, -0.1) is 6.58 Å². The van der Waals surface area contributed by atoms with Gasteiger partial charge in [0.25, 0.3) is 0 Å². The van der Waals surface area contributed by atoms with Crippen molar-refractivity contribution in [3.8, 4) is 0 Å². The fourth-order valence-corrected chi connectivity index (χ4v) is 1.56. The smallest absolute Gasteiger partial charge is 0.405 e. The first-order chi connectivity index (χ1) is 6.87. The summed E-state index contributed by atoms with van der Waals surface area (Å²) >= 11 is 0. The number of hydrogen-bond acceptors (Lipinski definition) is 3. The molecule has 0 aliphatic heterocycles. The topological polar surface area (TPSA) is 61.6 Å². The molecule has 0 aromatic heterocycles. The van der Waals surface area contributed by atoms with Gasteiger partial charge in [0, 0.05) is 6.61 Å². The zero-order valence-corrected chi connectivity index (χ0v) is 9.79. The number of amides is 1. The maximum absolute atomic E-state index is 10.6. The Morgan fingerprint density at radius 2 is 2.20 bits per heavy atom. The van der Waals surface area contributed by atoms with E-state index in [9.17, 15) is 4.79 Å². The van der Waals surface area contributed by atoms with Crippen LogP contribution in [0.3, 0.4) is 0 Å². The van der Waals surface area contributed by atoms with Crippen LogP contribution in [0.2, 0.25) is 0 Å². The van der Waals surface area contributed by atoms with E-state index in [4.69, 9.17) is 15.2 Å². The number of nitrogens with two attached hydrogens (primary N) is 1. The summed E-state index contributed by atoms with van der Waals surface area (Å²) in [7, 11) is 0. The second-order valence-corrected chi connectivity index (χ2v) is 4.32. The summed E-state index contributed by atoms with van der Waals surface area (Å²) in [6.45, 7) is 10.4. The summed E-state index contributed by atoms with van der Waals surface area (Å²) in [6, 6.07) is 0. The van der Waals surface area contributed by atoms with Crippen LogP contribution in [0.5, 0.6) is 0 Å². The minimum Gasteiger partial charge on any atom is -0.444 e. The van der Waals surface area contributed by atoms with Crippen molar-refractivity contribution >= 4 is 6.09 Å². The molecule has 0 heterocycles.